The number of hydrogen-bond donors (Lipinski definition) is 0. The number of sulfone groups is 1. The second-order valence-corrected chi connectivity index (χ2v) is 9.75. The van der Waals surface area contributed by atoms with E-state index in [0.717, 1.165) is 17.0 Å². The molecule has 1 aliphatic rings. The lowest BCUT2D eigenvalue weighted by molar-refractivity contribution is 0.242. The Morgan fingerprint density at radius 3 is 2.81 bits per heavy atom. The van der Waals surface area contributed by atoms with E-state index >= 15 is 0 Å². The molecule has 8 nitrogen and oxygen atoms in total. The van der Waals surface area contributed by atoms with Crippen molar-refractivity contribution in [2.24, 2.45) is 0 Å². The smallest absolute Gasteiger partial charge is 0.199 e. The third kappa shape index (κ3) is 4.22. The first-order valence-electron chi connectivity index (χ1n) is 8.88. The second kappa shape index (κ2) is 7.69. The summed E-state index contributed by atoms with van der Waals surface area (Å²) in [7, 11) is -0.934. The quantitative estimate of drug-likeness (QED) is 0.512. The molecule has 1 atom stereocenters. The maximum absolute atomic E-state index is 11.8. The van der Waals surface area contributed by atoms with Gasteiger partial charge in [-0.15, -0.1) is 6.58 Å². The molecule has 0 radical (unpaired) electrons. The lowest BCUT2D eigenvalue weighted by atomic mass is 10.2. The zero-order chi connectivity index (χ0) is 19.8. The van der Waals surface area contributed by atoms with Gasteiger partial charge in [0.05, 0.1) is 29.9 Å². The van der Waals surface area contributed by atoms with Gasteiger partial charge in [-0.05, 0) is 39.5 Å². The Morgan fingerprint density at radius 2 is 2.19 bits per heavy atom. The molecule has 3 rings (SSSR count). The third-order valence-corrected chi connectivity index (χ3v) is 7.15. The maximum atomic E-state index is 11.8. The highest BCUT2D eigenvalue weighted by Crippen LogP contribution is 2.27. The number of rotatable bonds is 7. The van der Waals surface area contributed by atoms with Crippen LogP contribution in [0, 0.1) is 18.6 Å². The van der Waals surface area contributed by atoms with Crippen molar-refractivity contribution in [3.63, 3.8) is 0 Å². The van der Waals surface area contributed by atoms with Crippen LogP contribution in [-0.2, 0) is 29.6 Å². The fraction of sp³-hybridized carbons (Fsp3) is 0.588. The minimum atomic E-state index is -2.94. The molecule has 0 amide bonds. The molecule has 1 fully saturated rings. The van der Waals surface area contributed by atoms with Gasteiger partial charge in [-0.1, -0.05) is 6.08 Å². The highest BCUT2D eigenvalue weighted by atomic mass is 32.2. The normalized spacial score (nSPS) is 19.0. The van der Waals surface area contributed by atoms with Crippen LogP contribution in [0.2, 0.25) is 0 Å². The van der Waals surface area contributed by atoms with Crippen LogP contribution in [0.5, 0.6) is 0 Å². The van der Waals surface area contributed by atoms with Crippen LogP contribution in [0.1, 0.15) is 29.4 Å². The average Bonchev–Trinajstić information content (AvgIpc) is 3.21. The molecule has 27 heavy (non-hydrogen) atoms. The van der Waals surface area contributed by atoms with Gasteiger partial charge in [0, 0.05) is 24.3 Å². The van der Waals surface area contributed by atoms with Crippen LogP contribution < -0.4 is 0 Å². The molecule has 10 heteroatoms. The zero-order valence-corrected chi connectivity index (χ0v) is 17.6. The van der Waals surface area contributed by atoms with E-state index in [2.05, 4.69) is 21.7 Å². The van der Waals surface area contributed by atoms with Crippen LogP contribution in [0.25, 0.3) is 0 Å². The number of nitrogens with zero attached hydrogens (tertiary/aromatic N) is 6. The van der Waals surface area contributed by atoms with Gasteiger partial charge in [0.15, 0.2) is 14.6 Å². The molecule has 2 aromatic rings. The van der Waals surface area contributed by atoms with Crippen LogP contribution in [0.15, 0.2) is 19.0 Å². The van der Waals surface area contributed by atoms with Gasteiger partial charge in [-0.3, -0.25) is 9.58 Å². The first-order valence-corrected chi connectivity index (χ1v) is 11.1. The lowest BCUT2D eigenvalue weighted by Crippen LogP contribution is -2.23. The van der Waals surface area contributed by atoms with Gasteiger partial charge in [0.1, 0.15) is 6.33 Å². The fourth-order valence-corrected chi connectivity index (χ4v) is 5.45. The Morgan fingerprint density at radius 1 is 1.44 bits per heavy atom. The Labute approximate surface area is 165 Å². The van der Waals surface area contributed by atoms with Gasteiger partial charge in [0.2, 0.25) is 0 Å². The summed E-state index contributed by atoms with van der Waals surface area (Å²) in [5.41, 5.74) is 3.09. The zero-order valence-electron chi connectivity index (χ0n) is 16.0. The average molecular weight is 411 g/mol. The molecular formula is C17H26N6O2S2. The molecule has 3 heterocycles. The molecule has 1 unspecified atom stereocenters. The Bertz CT molecular complexity index is 1000. The maximum Gasteiger partial charge on any atom is 0.199 e. The summed E-state index contributed by atoms with van der Waals surface area (Å²) in [5, 5.41) is 8.97. The lowest BCUT2D eigenvalue weighted by Gasteiger charge is -2.17. The summed E-state index contributed by atoms with van der Waals surface area (Å²) in [4.78, 5) is 2.12. The van der Waals surface area contributed by atoms with Crippen molar-refractivity contribution in [2.75, 3.05) is 18.6 Å². The van der Waals surface area contributed by atoms with E-state index in [4.69, 9.17) is 12.2 Å². The van der Waals surface area contributed by atoms with Crippen molar-refractivity contribution in [3.8, 4) is 0 Å². The van der Waals surface area contributed by atoms with Gasteiger partial charge in [-0.25, -0.2) is 13.1 Å². The molecule has 0 saturated carbocycles. The molecular weight excluding hydrogens is 384 g/mol. The molecule has 0 aromatic carbocycles. The predicted molar refractivity (Wildman–Crippen MR) is 107 cm³/mol. The number of aryl methyl sites for hydroxylation is 1. The second-order valence-electron chi connectivity index (χ2n) is 7.16. The van der Waals surface area contributed by atoms with Crippen LogP contribution >= 0.6 is 12.2 Å². The Kier molecular flexibility index (Phi) is 5.68. The van der Waals surface area contributed by atoms with E-state index in [-0.39, 0.29) is 17.5 Å². The first-order chi connectivity index (χ1) is 12.7. The van der Waals surface area contributed by atoms with Crippen molar-refractivity contribution in [1.29, 1.82) is 0 Å². The Balaban J connectivity index is 1.74. The monoisotopic (exact) mass is 410 g/mol. The largest absolute Gasteiger partial charge is 0.303 e. The van der Waals surface area contributed by atoms with E-state index in [1.54, 1.807) is 17.1 Å². The standard InChI is InChI=1S/C17H26N6O2S2/c1-5-7-21-11-18-22(17(21)26)12-20(4)9-16-13(2)19-23(14(16)3)15-6-8-27(24,25)10-15/h5,11,15H,1,6-10,12H2,2-4H3. The first kappa shape index (κ1) is 20.0. The van der Waals surface area contributed by atoms with E-state index in [1.165, 1.54) is 0 Å². The molecule has 0 N–H and O–H groups in total. The van der Waals surface area contributed by atoms with Crippen LogP contribution in [0.4, 0.5) is 0 Å². The highest BCUT2D eigenvalue weighted by Gasteiger charge is 2.31. The molecule has 0 aliphatic carbocycles. The van der Waals surface area contributed by atoms with E-state index in [9.17, 15) is 8.42 Å². The van der Waals surface area contributed by atoms with Gasteiger partial charge in [-0.2, -0.15) is 10.2 Å². The molecule has 148 valence electrons. The SMILES string of the molecule is C=CCn1cnn(CN(C)Cc2c(C)nn(C3CCS(=O)(=O)C3)c2C)c1=S. The van der Waals surface area contributed by atoms with Crippen LogP contribution in [-0.4, -0.2) is 56.0 Å². The molecule has 1 aliphatic heterocycles. The third-order valence-electron chi connectivity index (χ3n) is 4.96. The summed E-state index contributed by atoms with van der Waals surface area (Å²) in [6, 6.07) is -0.0593. The van der Waals surface area contributed by atoms with Crippen molar-refractivity contribution in [2.45, 2.75) is 46.1 Å². The van der Waals surface area contributed by atoms with Gasteiger partial charge >= 0.3 is 0 Å². The number of allylic oxidation sites excluding steroid dienone is 1. The van der Waals surface area contributed by atoms with Crippen molar-refractivity contribution in [1.82, 2.24) is 29.0 Å². The van der Waals surface area contributed by atoms with E-state index in [1.807, 2.05) is 30.1 Å². The van der Waals surface area contributed by atoms with E-state index in [0.29, 0.717) is 31.0 Å². The minimum Gasteiger partial charge on any atom is -0.303 e. The van der Waals surface area contributed by atoms with Gasteiger partial charge < -0.3 is 4.57 Å². The summed E-state index contributed by atoms with van der Waals surface area (Å²) in [5.74, 6) is 0.428. The Hall–Kier alpha value is -1.78. The summed E-state index contributed by atoms with van der Waals surface area (Å²) >= 11 is 5.44. The highest BCUT2D eigenvalue weighted by molar-refractivity contribution is 7.91. The molecule has 1 saturated heterocycles. The molecule has 0 bridgehead atoms. The van der Waals surface area contributed by atoms with Crippen molar-refractivity contribution < 1.29 is 8.42 Å². The topological polar surface area (TPSA) is 78.0 Å². The number of aromatic nitrogens is 5. The molecule has 0 spiro atoms. The minimum absolute atomic E-state index is 0.0593. The van der Waals surface area contributed by atoms with Gasteiger partial charge in [0.25, 0.3) is 0 Å². The van der Waals surface area contributed by atoms with Crippen molar-refractivity contribution >= 4 is 22.1 Å². The summed E-state index contributed by atoms with van der Waals surface area (Å²) in [6.45, 7) is 9.60. The fourth-order valence-electron chi connectivity index (χ4n) is 3.53. The van der Waals surface area contributed by atoms with Crippen LogP contribution in [0.3, 0.4) is 0 Å². The summed E-state index contributed by atoms with van der Waals surface area (Å²) in [6.07, 6.45) is 4.14. The predicted octanol–water partition coefficient (Wildman–Crippen LogP) is 1.86. The molecule has 2 aromatic heterocycles. The van der Waals surface area contributed by atoms with E-state index < -0.39 is 9.84 Å². The summed E-state index contributed by atoms with van der Waals surface area (Å²) < 4.78 is 29.8. The van der Waals surface area contributed by atoms with Crippen molar-refractivity contribution in [3.05, 3.63) is 40.7 Å². The number of hydrogen-bond acceptors (Lipinski definition) is 6.